The number of fused-ring (bicyclic) bond motifs is 8. The van der Waals surface area contributed by atoms with E-state index in [0.717, 1.165) is 18.3 Å². The highest BCUT2D eigenvalue weighted by Gasteiger charge is 2.67. The highest BCUT2D eigenvalue weighted by molar-refractivity contribution is 5.49. The van der Waals surface area contributed by atoms with Gasteiger partial charge in [-0.05, 0) is 92.8 Å². The summed E-state index contributed by atoms with van der Waals surface area (Å²) < 4.78 is 0. The Hall–Kier alpha value is -0.820. The summed E-state index contributed by atoms with van der Waals surface area (Å²) in [6.07, 6.45) is 6.21. The van der Waals surface area contributed by atoms with Gasteiger partial charge in [-0.15, -0.1) is 0 Å². The number of aliphatic hydroxyl groups excluding tert-OH is 1. The van der Waals surface area contributed by atoms with Gasteiger partial charge in [0, 0.05) is 11.3 Å². The summed E-state index contributed by atoms with van der Waals surface area (Å²) in [7, 11) is 0. The van der Waals surface area contributed by atoms with E-state index in [-0.39, 0.29) is 16.9 Å². The van der Waals surface area contributed by atoms with Crippen molar-refractivity contribution in [3.8, 4) is 0 Å². The summed E-state index contributed by atoms with van der Waals surface area (Å²) in [5.41, 5.74) is 11.2. The smallest absolute Gasteiger partial charge is 0.0653 e. The maximum absolute atomic E-state index is 12.0. The van der Waals surface area contributed by atoms with Crippen LogP contribution in [0.3, 0.4) is 0 Å². The number of allylic oxidation sites excluding steroid dienone is 5. The molecule has 9 rings (SSSR count). The molecule has 7 atom stereocenters. The van der Waals surface area contributed by atoms with Crippen molar-refractivity contribution in [2.45, 2.75) is 101 Å². The maximum Gasteiger partial charge on any atom is 0.0653 e. The quantitative estimate of drug-likeness (QED) is 0.459. The predicted molar refractivity (Wildman–Crippen MR) is 128 cm³/mol. The molecular weight excluding hydrogens is 376 g/mol. The van der Waals surface area contributed by atoms with Crippen LogP contribution >= 0.6 is 0 Å². The number of rotatable bonds is 2. The minimum atomic E-state index is -0.187. The molecule has 1 heteroatoms. The van der Waals surface area contributed by atoms with Crippen LogP contribution in [0.4, 0.5) is 0 Å². The molecule has 0 saturated heterocycles. The zero-order valence-electron chi connectivity index (χ0n) is 21.4. The molecule has 0 radical (unpaired) electrons. The largest absolute Gasteiger partial charge is 0.392 e. The predicted octanol–water partition coefficient (Wildman–Crippen LogP) is 7.47. The third kappa shape index (κ3) is 2.06. The van der Waals surface area contributed by atoms with Gasteiger partial charge in [-0.3, -0.25) is 0 Å². The van der Waals surface area contributed by atoms with Gasteiger partial charge in [0.05, 0.1) is 6.10 Å². The minimum Gasteiger partial charge on any atom is -0.392 e. The lowest BCUT2D eigenvalue weighted by Gasteiger charge is -2.69. The van der Waals surface area contributed by atoms with E-state index >= 15 is 0 Å². The Morgan fingerprint density at radius 1 is 0.710 bits per heavy atom. The van der Waals surface area contributed by atoms with Crippen LogP contribution in [0.25, 0.3) is 0 Å². The third-order valence-corrected chi connectivity index (χ3v) is 12.8. The summed E-state index contributed by atoms with van der Waals surface area (Å²) in [4.78, 5) is 0. The monoisotopic (exact) mass is 420 g/mol. The van der Waals surface area contributed by atoms with E-state index in [1.807, 2.05) is 0 Å². The molecule has 0 spiro atoms. The van der Waals surface area contributed by atoms with Crippen molar-refractivity contribution >= 4 is 0 Å². The Bertz CT molecular complexity index is 982. The molecule has 0 aliphatic heterocycles. The first-order valence-corrected chi connectivity index (χ1v) is 13.1. The molecule has 0 aromatic carbocycles. The Kier molecular flexibility index (Phi) is 3.77. The standard InChI is InChI=1S/C30H44O/c1-15-20-10-18(27(20,4)5)11-22(15)30(14-19-12-23(17(30)3)28(19,6)7)25-16(2)21-13-24(26(25)31)29(21,8)9/h18-19,22,24-26,31H,10-14H2,1-9H3/t18-,19+,22-,24-,25-,26+,30-/m0/s1. The van der Waals surface area contributed by atoms with Crippen molar-refractivity contribution in [1.29, 1.82) is 0 Å². The molecule has 0 unspecified atom stereocenters. The molecule has 0 heterocycles. The van der Waals surface area contributed by atoms with E-state index in [4.69, 9.17) is 0 Å². The topological polar surface area (TPSA) is 20.2 Å². The summed E-state index contributed by atoms with van der Waals surface area (Å²) in [6, 6.07) is 0. The molecule has 1 nitrogen and oxygen atoms in total. The van der Waals surface area contributed by atoms with Gasteiger partial charge in [-0.25, -0.2) is 0 Å². The van der Waals surface area contributed by atoms with E-state index in [1.54, 1.807) is 33.4 Å². The van der Waals surface area contributed by atoms with Gasteiger partial charge in [0.1, 0.15) is 0 Å². The first-order valence-electron chi connectivity index (χ1n) is 13.1. The molecule has 1 N–H and O–H groups in total. The lowest BCUT2D eigenvalue weighted by atomic mass is 9.35. The molecule has 0 amide bonds. The van der Waals surface area contributed by atoms with E-state index in [2.05, 4.69) is 62.3 Å². The van der Waals surface area contributed by atoms with Gasteiger partial charge < -0.3 is 5.11 Å². The van der Waals surface area contributed by atoms with Crippen molar-refractivity contribution in [2.24, 2.45) is 51.2 Å². The molecule has 170 valence electrons. The van der Waals surface area contributed by atoms with Gasteiger partial charge in [-0.1, -0.05) is 75.0 Å². The van der Waals surface area contributed by atoms with E-state index in [1.165, 1.54) is 25.7 Å². The van der Waals surface area contributed by atoms with E-state index in [9.17, 15) is 5.11 Å². The Balaban J connectivity index is 1.57. The van der Waals surface area contributed by atoms with Crippen LogP contribution in [0.15, 0.2) is 33.4 Å². The van der Waals surface area contributed by atoms with Crippen molar-refractivity contribution in [2.75, 3.05) is 0 Å². The summed E-state index contributed by atoms with van der Waals surface area (Å²) in [6.45, 7) is 22.1. The zero-order valence-corrected chi connectivity index (χ0v) is 21.4. The highest BCUT2D eigenvalue weighted by Crippen LogP contribution is 2.75. The Morgan fingerprint density at radius 2 is 1.29 bits per heavy atom. The fourth-order valence-corrected chi connectivity index (χ4v) is 10.3. The van der Waals surface area contributed by atoms with Gasteiger partial charge in [-0.2, -0.15) is 0 Å². The molecule has 3 fully saturated rings. The van der Waals surface area contributed by atoms with Crippen LogP contribution in [0, 0.1) is 51.2 Å². The second kappa shape index (κ2) is 5.63. The van der Waals surface area contributed by atoms with Gasteiger partial charge >= 0.3 is 0 Å². The fraction of sp³-hybridized carbons (Fsp3) is 0.800. The van der Waals surface area contributed by atoms with Crippen molar-refractivity contribution in [3.63, 3.8) is 0 Å². The van der Waals surface area contributed by atoms with Crippen molar-refractivity contribution < 1.29 is 5.11 Å². The lowest BCUT2D eigenvalue weighted by molar-refractivity contribution is -0.110. The summed E-state index contributed by atoms with van der Waals surface area (Å²) in [5, 5.41) is 12.0. The van der Waals surface area contributed by atoms with Crippen LogP contribution in [0.1, 0.15) is 94.4 Å². The summed E-state index contributed by atoms with van der Waals surface area (Å²) >= 11 is 0. The molecule has 0 aromatic rings. The van der Waals surface area contributed by atoms with Gasteiger partial charge in [0.2, 0.25) is 0 Å². The Labute approximate surface area is 190 Å². The fourth-order valence-electron chi connectivity index (χ4n) is 10.3. The average Bonchev–Trinajstić information content (AvgIpc) is 2.67. The molecule has 31 heavy (non-hydrogen) atoms. The van der Waals surface area contributed by atoms with Crippen LogP contribution < -0.4 is 0 Å². The highest BCUT2D eigenvalue weighted by atomic mass is 16.3. The number of aliphatic hydroxyl groups is 1. The molecular formula is C30H44O. The van der Waals surface area contributed by atoms with E-state index in [0.29, 0.717) is 28.6 Å². The maximum atomic E-state index is 12.0. The van der Waals surface area contributed by atoms with Crippen LogP contribution in [0.2, 0.25) is 0 Å². The normalized spacial score (nSPS) is 48.2. The second-order valence-corrected chi connectivity index (χ2v) is 14.2. The van der Waals surface area contributed by atoms with Crippen LogP contribution in [0.5, 0.6) is 0 Å². The summed E-state index contributed by atoms with van der Waals surface area (Å²) in [5.74, 6) is 3.01. The number of hydrogen-bond donors (Lipinski definition) is 1. The molecule has 9 aliphatic rings. The minimum absolute atomic E-state index is 0.141. The number of hydrogen-bond acceptors (Lipinski definition) is 1. The first-order chi connectivity index (χ1) is 14.3. The Morgan fingerprint density at radius 3 is 1.77 bits per heavy atom. The SMILES string of the molecule is CC1=C2C[C@@H](C[C@@H]1[C@]1([C@H]3C(C)=C4C[C@@H]([C@H]3O)C4(C)C)C[C@H]3CC(=C1C)C3(C)C)C2(C)C. The van der Waals surface area contributed by atoms with Crippen molar-refractivity contribution in [3.05, 3.63) is 33.4 Å². The second-order valence-electron chi connectivity index (χ2n) is 14.2. The molecule has 3 saturated carbocycles. The zero-order chi connectivity index (χ0) is 22.5. The van der Waals surface area contributed by atoms with Gasteiger partial charge in [0.25, 0.3) is 0 Å². The molecule has 9 aliphatic carbocycles. The van der Waals surface area contributed by atoms with Crippen LogP contribution in [-0.2, 0) is 0 Å². The van der Waals surface area contributed by atoms with E-state index < -0.39 is 0 Å². The van der Waals surface area contributed by atoms with Crippen LogP contribution in [-0.4, -0.2) is 11.2 Å². The lowest BCUT2D eigenvalue weighted by Crippen LogP contribution is -2.63. The third-order valence-electron chi connectivity index (χ3n) is 12.8. The van der Waals surface area contributed by atoms with Crippen molar-refractivity contribution in [1.82, 2.24) is 0 Å². The first kappa shape index (κ1) is 20.8. The average molecular weight is 421 g/mol. The molecule has 0 aromatic heterocycles. The van der Waals surface area contributed by atoms with Gasteiger partial charge in [0.15, 0.2) is 0 Å². The molecule has 6 bridgehead atoms.